The van der Waals surface area contributed by atoms with Gasteiger partial charge in [-0.05, 0) is 31.5 Å². The third kappa shape index (κ3) is 3.90. The highest BCUT2D eigenvalue weighted by Crippen LogP contribution is 2.32. The van der Waals surface area contributed by atoms with E-state index in [1.807, 2.05) is 37.2 Å². The first-order chi connectivity index (χ1) is 10.1. The molecule has 0 aromatic carbocycles. The van der Waals surface area contributed by atoms with Crippen molar-refractivity contribution >= 4 is 11.4 Å². The maximum absolute atomic E-state index is 5.37. The Morgan fingerprint density at radius 3 is 2.81 bits per heavy atom. The molecule has 5 heteroatoms. The van der Waals surface area contributed by atoms with Crippen molar-refractivity contribution in [2.75, 3.05) is 31.4 Å². The second-order valence-corrected chi connectivity index (χ2v) is 5.27. The van der Waals surface area contributed by atoms with Gasteiger partial charge in [-0.25, -0.2) is 4.98 Å². The summed E-state index contributed by atoms with van der Waals surface area (Å²) in [7, 11) is 5.65. The summed E-state index contributed by atoms with van der Waals surface area (Å²) in [5.41, 5.74) is 1.99. The predicted molar refractivity (Wildman–Crippen MR) is 85.2 cm³/mol. The third-order valence-electron chi connectivity index (χ3n) is 3.36. The van der Waals surface area contributed by atoms with Crippen LogP contribution in [0, 0.1) is 0 Å². The molecule has 0 aliphatic heterocycles. The summed E-state index contributed by atoms with van der Waals surface area (Å²) in [6.07, 6.45) is 5.34. The van der Waals surface area contributed by atoms with Crippen molar-refractivity contribution in [3.63, 3.8) is 0 Å². The molecule has 0 aliphatic rings. The van der Waals surface area contributed by atoms with Crippen LogP contribution < -0.4 is 15.0 Å². The van der Waals surface area contributed by atoms with Gasteiger partial charge in [0.15, 0.2) is 0 Å². The zero-order chi connectivity index (χ0) is 15.2. The molecule has 2 aromatic rings. The monoisotopic (exact) mass is 289 g/mol. The number of rotatable bonds is 7. The van der Waals surface area contributed by atoms with E-state index in [-0.39, 0.29) is 6.04 Å². The first-order valence-corrected chi connectivity index (χ1v) is 7.11. The van der Waals surface area contributed by atoms with E-state index >= 15 is 0 Å². The largest absolute Gasteiger partial charge is 0.479 e. The summed E-state index contributed by atoms with van der Waals surface area (Å²) in [6.45, 7) is 2.15. The van der Waals surface area contributed by atoms with Crippen molar-refractivity contribution in [3.8, 4) is 5.88 Å². The average Bonchev–Trinajstić information content (AvgIpc) is 2.98. The van der Waals surface area contributed by atoms with Gasteiger partial charge in [0.05, 0.1) is 19.1 Å². The van der Waals surface area contributed by atoms with E-state index in [0.29, 0.717) is 5.88 Å². The Hall–Kier alpha value is -2.17. The van der Waals surface area contributed by atoms with E-state index in [1.165, 1.54) is 0 Å². The maximum atomic E-state index is 5.37. The van der Waals surface area contributed by atoms with Crippen LogP contribution in [-0.2, 0) is 6.42 Å². The Balaban J connectivity index is 2.06. The van der Waals surface area contributed by atoms with Crippen LogP contribution in [0.1, 0.15) is 19.1 Å². The quantitative estimate of drug-likeness (QED) is 0.848. The number of pyridine rings is 1. The number of aryl methyl sites for hydroxylation is 1. The minimum absolute atomic E-state index is 0.284. The van der Waals surface area contributed by atoms with Crippen molar-refractivity contribution in [1.82, 2.24) is 4.98 Å². The second kappa shape index (κ2) is 7.02. The number of furan rings is 1. The van der Waals surface area contributed by atoms with E-state index in [4.69, 9.17) is 9.15 Å². The molecule has 0 radical (unpaired) electrons. The molecule has 5 nitrogen and oxygen atoms in total. The van der Waals surface area contributed by atoms with Gasteiger partial charge in [-0.3, -0.25) is 0 Å². The van der Waals surface area contributed by atoms with Gasteiger partial charge in [0.25, 0.3) is 0 Å². The molecule has 21 heavy (non-hydrogen) atoms. The minimum atomic E-state index is 0.284. The molecule has 0 spiro atoms. The molecule has 1 atom stereocenters. The third-order valence-corrected chi connectivity index (χ3v) is 3.36. The molecular formula is C16H23N3O2. The molecule has 2 aromatic heterocycles. The molecule has 2 rings (SSSR count). The van der Waals surface area contributed by atoms with Gasteiger partial charge in [0, 0.05) is 32.8 Å². The highest BCUT2D eigenvalue weighted by molar-refractivity contribution is 5.74. The Morgan fingerprint density at radius 2 is 2.19 bits per heavy atom. The number of hydrogen-bond acceptors (Lipinski definition) is 5. The number of anilines is 2. The van der Waals surface area contributed by atoms with Crippen molar-refractivity contribution in [2.45, 2.75) is 25.8 Å². The summed E-state index contributed by atoms with van der Waals surface area (Å²) < 4.78 is 10.7. The first-order valence-electron chi connectivity index (χ1n) is 7.11. The van der Waals surface area contributed by atoms with Gasteiger partial charge >= 0.3 is 0 Å². The molecule has 1 N–H and O–H groups in total. The molecule has 0 bridgehead atoms. The van der Waals surface area contributed by atoms with Crippen LogP contribution in [0.2, 0.25) is 0 Å². The lowest BCUT2D eigenvalue weighted by Gasteiger charge is -2.23. The molecule has 0 amide bonds. The number of aromatic nitrogens is 1. The number of nitrogens with one attached hydrogen (secondary N) is 1. The fourth-order valence-corrected chi connectivity index (χ4v) is 2.23. The van der Waals surface area contributed by atoms with Gasteiger partial charge in [-0.2, -0.15) is 0 Å². The second-order valence-electron chi connectivity index (χ2n) is 5.27. The van der Waals surface area contributed by atoms with Gasteiger partial charge < -0.3 is 19.4 Å². The molecule has 0 saturated heterocycles. The van der Waals surface area contributed by atoms with Crippen molar-refractivity contribution in [1.29, 1.82) is 0 Å². The van der Waals surface area contributed by atoms with Crippen LogP contribution >= 0.6 is 0 Å². The van der Waals surface area contributed by atoms with Crippen LogP contribution in [0.3, 0.4) is 0 Å². The zero-order valence-corrected chi connectivity index (χ0v) is 13.1. The maximum Gasteiger partial charge on any atom is 0.239 e. The Morgan fingerprint density at radius 1 is 1.38 bits per heavy atom. The zero-order valence-electron chi connectivity index (χ0n) is 13.1. The molecule has 2 heterocycles. The van der Waals surface area contributed by atoms with E-state index in [1.54, 1.807) is 19.6 Å². The summed E-state index contributed by atoms with van der Waals surface area (Å²) in [5, 5.41) is 3.50. The van der Waals surface area contributed by atoms with Crippen LogP contribution in [0.15, 0.2) is 35.1 Å². The number of nitrogens with zero attached hydrogens (tertiary/aromatic N) is 2. The fraction of sp³-hybridized carbons (Fsp3) is 0.438. The van der Waals surface area contributed by atoms with E-state index < -0.39 is 0 Å². The van der Waals surface area contributed by atoms with Crippen molar-refractivity contribution in [3.05, 3.63) is 36.4 Å². The van der Waals surface area contributed by atoms with Crippen molar-refractivity contribution < 1.29 is 9.15 Å². The fourth-order valence-electron chi connectivity index (χ4n) is 2.23. The SMILES string of the molecule is COc1nccc(N(C)C)c1NC(C)CCc1ccco1. The standard InChI is InChI=1S/C16H23N3O2/c1-12(7-8-13-6-5-11-21-13)18-15-14(19(2)3)9-10-17-16(15)20-4/h5-6,9-12,18H,7-8H2,1-4H3. The molecule has 114 valence electrons. The van der Waals surface area contributed by atoms with Crippen LogP contribution in [-0.4, -0.2) is 32.2 Å². The smallest absolute Gasteiger partial charge is 0.239 e. The minimum Gasteiger partial charge on any atom is -0.479 e. The number of hydrogen-bond donors (Lipinski definition) is 1. The lowest BCUT2D eigenvalue weighted by Crippen LogP contribution is -2.20. The number of methoxy groups -OCH3 is 1. The highest BCUT2D eigenvalue weighted by Gasteiger charge is 2.14. The highest BCUT2D eigenvalue weighted by atomic mass is 16.5. The lowest BCUT2D eigenvalue weighted by atomic mass is 10.1. The number of ether oxygens (including phenoxy) is 1. The first kappa shape index (κ1) is 15.2. The molecule has 0 fully saturated rings. The lowest BCUT2D eigenvalue weighted by molar-refractivity contribution is 0.399. The topological polar surface area (TPSA) is 50.5 Å². The Bertz CT molecular complexity index is 553. The van der Waals surface area contributed by atoms with E-state index in [9.17, 15) is 0 Å². The summed E-state index contributed by atoms with van der Waals surface area (Å²) in [5.74, 6) is 1.63. The van der Waals surface area contributed by atoms with Gasteiger partial charge in [-0.1, -0.05) is 0 Å². The van der Waals surface area contributed by atoms with Crippen LogP contribution in [0.25, 0.3) is 0 Å². The van der Waals surface area contributed by atoms with E-state index in [0.717, 1.165) is 30.0 Å². The molecule has 0 aliphatic carbocycles. The summed E-state index contributed by atoms with van der Waals surface area (Å²) in [4.78, 5) is 6.32. The van der Waals surface area contributed by atoms with Gasteiger partial charge in [0.2, 0.25) is 5.88 Å². The van der Waals surface area contributed by atoms with Gasteiger partial charge in [-0.15, -0.1) is 0 Å². The van der Waals surface area contributed by atoms with Crippen molar-refractivity contribution in [2.24, 2.45) is 0 Å². The normalized spacial score (nSPS) is 12.0. The average molecular weight is 289 g/mol. The summed E-state index contributed by atoms with van der Waals surface area (Å²) >= 11 is 0. The molecule has 1 unspecified atom stereocenters. The summed E-state index contributed by atoms with van der Waals surface area (Å²) in [6, 6.07) is 6.18. The van der Waals surface area contributed by atoms with Crippen LogP contribution in [0.4, 0.5) is 11.4 Å². The predicted octanol–water partition coefficient (Wildman–Crippen LogP) is 3.18. The van der Waals surface area contributed by atoms with E-state index in [2.05, 4.69) is 17.2 Å². The molecule has 0 saturated carbocycles. The van der Waals surface area contributed by atoms with Gasteiger partial charge in [0.1, 0.15) is 11.4 Å². The molecular weight excluding hydrogens is 266 g/mol. The Labute approximate surface area is 125 Å². The Kier molecular flexibility index (Phi) is 5.09. The van der Waals surface area contributed by atoms with Crippen LogP contribution in [0.5, 0.6) is 5.88 Å².